The Bertz CT molecular complexity index is 600. The molecule has 2 aliphatic rings. The highest BCUT2D eigenvalue weighted by Gasteiger charge is 2.47. The van der Waals surface area contributed by atoms with Crippen LogP contribution in [0.2, 0.25) is 5.02 Å². The van der Waals surface area contributed by atoms with Crippen molar-refractivity contribution < 1.29 is 19.4 Å². The Morgan fingerprint density at radius 3 is 2.61 bits per heavy atom. The summed E-state index contributed by atoms with van der Waals surface area (Å²) in [7, 11) is 0. The summed E-state index contributed by atoms with van der Waals surface area (Å²) in [6.45, 7) is 0.911. The van der Waals surface area contributed by atoms with E-state index in [9.17, 15) is 9.59 Å². The largest absolute Gasteiger partial charge is 0.480 e. The molecular formula is C17H20ClNO4. The second kappa shape index (κ2) is 6.89. The van der Waals surface area contributed by atoms with Crippen molar-refractivity contribution in [2.45, 2.75) is 31.2 Å². The van der Waals surface area contributed by atoms with Gasteiger partial charge < -0.3 is 14.7 Å². The molecule has 3 rings (SSSR count). The molecule has 0 bridgehead atoms. The molecule has 1 saturated heterocycles. The van der Waals surface area contributed by atoms with Gasteiger partial charge in [-0.1, -0.05) is 29.8 Å². The summed E-state index contributed by atoms with van der Waals surface area (Å²) >= 11 is 6.21. The first-order chi connectivity index (χ1) is 11.1. The van der Waals surface area contributed by atoms with Crippen molar-refractivity contribution in [1.29, 1.82) is 0 Å². The van der Waals surface area contributed by atoms with E-state index in [2.05, 4.69) is 0 Å². The molecule has 1 aliphatic heterocycles. The van der Waals surface area contributed by atoms with Crippen molar-refractivity contribution in [3.63, 3.8) is 0 Å². The Morgan fingerprint density at radius 1 is 1.26 bits per heavy atom. The van der Waals surface area contributed by atoms with E-state index < -0.39 is 5.97 Å². The third kappa shape index (κ3) is 3.67. The number of hydrogen-bond donors (Lipinski definition) is 1. The normalized spacial score (nSPS) is 24.2. The van der Waals surface area contributed by atoms with E-state index in [1.165, 1.54) is 4.90 Å². The number of aliphatic carboxylic acids is 1. The van der Waals surface area contributed by atoms with Gasteiger partial charge in [0.05, 0.1) is 0 Å². The van der Waals surface area contributed by atoms with Crippen LogP contribution in [-0.4, -0.2) is 47.7 Å². The fourth-order valence-electron chi connectivity index (χ4n) is 3.33. The summed E-state index contributed by atoms with van der Waals surface area (Å²) in [5.41, 5.74) is 0.981. The first-order valence-electron chi connectivity index (χ1n) is 7.92. The predicted molar refractivity (Wildman–Crippen MR) is 85.5 cm³/mol. The third-order valence-corrected chi connectivity index (χ3v) is 4.98. The molecule has 1 aliphatic carbocycles. The Kier molecular flexibility index (Phi) is 4.87. The minimum Gasteiger partial charge on any atom is -0.480 e. The van der Waals surface area contributed by atoms with Crippen LogP contribution in [0.15, 0.2) is 24.3 Å². The van der Waals surface area contributed by atoms with E-state index in [1.807, 2.05) is 24.3 Å². The SMILES string of the molecule is O=C(O)CN(C(=O)[C@H]1C[C@@H]1c1ccccc1Cl)C1CCOCC1. The highest BCUT2D eigenvalue weighted by atomic mass is 35.5. The Hall–Kier alpha value is -1.59. The third-order valence-electron chi connectivity index (χ3n) is 4.63. The maximum absolute atomic E-state index is 12.8. The van der Waals surface area contributed by atoms with Crippen LogP contribution in [0.1, 0.15) is 30.7 Å². The van der Waals surface area contributed by atoms with Crippen molar-refractivity contribution in [2.75, 3.05) is 19.8 Å². The van der Waals surface area contributed by atoms with Crippen LogP contribution in [0.5, 0.6) is 0 Å². The lowest BCUT2D eigenvalue weighted by Gasteiger charge is -2.33. The molecule has 1 aromatic rings. The van der Waals surface area contributed by atoms with E-state index in [0.29, 0.717) is 31.1 Å². The van der Waals surface area contributed by atoms with E-state index in [0.717, 1.165) is 12.0 Å². The van der Waals surface area contributed by atoms with E-state index in [1.54, 1.807) is 0 Å². The van der Waals surface area contributed by atoms with Crippen LogP contribution in [-0.2, 0) is 14.3 Å². The number of rotatable bonds is 5. The average Bonchev–Trinajstić information content (AvgIpc) is 3.33. The monoisotopic (exact) mass is 337 g/mol. The number of hydrogen-bond acceptors (Lipinski definition) is 3. The van der Waals surface area contributed by atoms with Gasteiger partial charge in [-0.05, 0) is 36.8 Å². The quantitative estimate of drug-likeness (QED) is 0.896. The minimum absolute atomic E-state index is 0.0418. The standard InChI is InChI=1S/C17H20ClNO4/c18-15-4-2-1-3-12(15)13-9-14(13)17(22)19(10-16(20)21)11-5-7-23-8-6-11/h1-4,11,13-14H,5-10H2,(H,20,21)/t13-,14+/m1/s1. The number of carboxylic acids is 1. The van der Waals surface area contributed by atoms with Crippen LogP contribution in [0.25, 0.3) is 0 Å². The molecule has 1 N–H and O–H groups in total. The van der Waals surface area contributed by atoms with Gasteiger partial charge in [-0.25, -0.2) is 0 Å². The molecule has 0 radical (unpaired) electrons. The molecular weight excluding hydrogens is 318 g/mol. The molecule has 1 amide bonds. The van der Waals surface area contributed by atoms with Gasteiger partial charge in [-0.2, -0.15) is 0 Å². The Morgan fingerprint density at radius 2 is 1.96 bits per heavy atom. The average molecular weight is 338 g/mol. The van der Waals surface area contributed by atoms with Crippen molar-refractivity contribution in [2.24, 2.45) is 5.92 Å². The second-order valence-corrected chi connectivity index (χ2v) is 6.58. The van der Waals surface area contributed by atoms with Gasteiger partial charge in [-0.15, -0.1) is 0 Å². The number of carbonyl (C=O) groups excluding carboxylic acids is 1. The zero-order chi connectivity index (χ0) is 16.4. The topological polar surface area (TPSA) is 66.8 Å². The lowest BCUT2D eigenvalue weighted by molar-refractivity contribution is -0.148. The van der Waals surface area contributed by atoms with Gasteiger partial charge in [0.15, 0.2) is 0 Å². The summed E-state index contributed by atoms with van der Waals surface area (Å²) in [5.74, 6) is -1.09. The van der Waals surface area contributed by atoms with Crippen molar-refractivity contribution in [1.82, 2.24) is 4.90 Å². The zero-order valence-electron chi connectivity index (χ0n) is 12.8. The van der Waals surface area contributed by atoms with E-state index in [-0.39, 0.29) is 30.3 Å². The van der Waals surface area contributed by atoms with Gasteiger partial charge in [0.2, 0.25) is 5.91 Å². The van der Waals surface area contributed by atoms with Crippen molar-refractivity contribution in [3.05, 3.63) is 34.9 Å². The number of amides is 1. The second-order valence-electron chi connectivity index (χ2n) is 6.17. The molecule has 1 aromatic carbocycles. The maximum Gasteiger partial charge on any atom is 0.323 e. The van der Waals surface area contributed by atoms with Gasteiger partial charge in [0, 0.05) is 30.2 Å². The first kappa shape index (κ1) is 16.3. The molecule has 0 unspecified atom stereocenters. The number of carboxylic acid groups (broad SMARTS) is 1. The minimum atomic E-state index is -0.972. The molecule has 1 heterocycles. The number of carbonyl (C=O) groups is 2. The molecule has 0 aromatic heterocycles. The summed E-state index contributed by atoms with van der Waals surface area (Å²) < 4.78 is 5.31. The fraction of sp³-hybridized carbons (Fsp3) is 0.529. The summed E-state index contributed by atoms with van der Waals surface area (Å²) in [4.78, 5) is 25.5. The molecule has 6 heteroatoms. The Balaban J connectivity index is 1.71. The number of nitrogens with zero attached hydrogens (tertiary/aromatic N) is 1. The van der Waals surface area contributed by atoms with Gasteiger partial charge in [0.1, 0.15) is 6.54 Å². The van der Waals surface area contributed by atoms with Gasteiger partial charge in [-0.3, -0.25) is 9.59 Å². The highest BCUT2D eigenvalue weighted by molar-refractivity contribution is 6.31. The van der Waals surface area contributed by atoms with E-state index >= 15 is 0 Å². The molecule has 5 nitrogen and oxygen atoms in total. The molecule has 2 atom stereocenters. The van der Waals surface area contributed by atoms with E-state index in [4.69, 9.17) is 21.4 Å². The van der Waals surface area contributed by atoms with Gasteiger partial charge in [0.25, 0.3) is 0 Å². The predicted octanol–water partition coefficient (Wildman–Crippen LogP) is 2.54. The smallest absolute Gasteiger partial charge is 0.323 e. The van der Waals surface area contributed by atoms with Crippen LogP contribution in [0, 0.1) is 5.92 Å². The summed E-state index contributed by atoms with van der Waals surface area (Å²) in [6, 6.07) is 7.50. The number of halogens is 1. The first-order valence-corrected chi connectivity index (χ1v) is 8.30. The molecule has 1 saturated carbocycles. The molecule has 0 spiro atoms. The van der Waals surface area contributed by atoms with Crippen LogP contribution in [0.4, 0.5) is 0 Å². The fourth-order valence-corrected chi connectivity index (χ4v) is 3.61. The lowest BCUT2D eigenvalue weighted by atomic mass is 10.0. The van der Waals surface area contributed by atoms with Crippen molar-refractivity contribution >= 4 is 23.5 Å². The molecule has 124 valence electrons. The number of benzene rings is 1. The van der Waals surface area contributed by atoms with Crippen LogP contribution in [0.3, 0.4) is 0 Å². The molecule has 2 fully saturated rings. The Labute approximate surface area is 140 Å². The van der Waals surface area contributed by atoms with Crippen LogP contribution < -0.4 is 0 Å². The summed E-state index contributed by atoms with van der Waals surface area (Å²) in [6.07, 6.45) is 2.13. The highest BCUT2D eigenvalue weighted by Crippen LogP contribution is 2.50. The zero-order valence-corrected chi connectivity index (χ0v) is 13.5. The van der Waals surface area contributed by atoms with Crippen LogP contribution >= 0.6 is 11.6 Å². The summed E-state index contributed by atoms with van der Waals surface area (Å²) in [5, 5.41) is 9.82. The van der Waals surface area contributed by atoms with Crippen molar-refractivity contribution in [3.8, 4) is 0 Å². The number of ether oxygens (including phenoxy) is 1. The molecule has 23 heavy (non-hydrogen) atoms. The maximum atomic E-state index is 12.8. The van der Waals surface area contributed by atoms with Gasteiger partial charge >= 0.3 is 5.97 Å². The lowest BCUT2D eigenvalue weighted by Crippen LogP contribution is -2.46.